The summed E-state index contributed by atoms with van der Waals surface area (Å²) < 4.78 is 0. The molecule has 0 bridgehead atoms. The highest BCUT2D eigenvalue weighted by atomic mass is 32.2. The Labute approximate surface area is 173 Å². The van der Waals surface area contributed by atoms with E-state index < -0.39 is 6.10 Å². The van der Waals surface area contributed by atoms with Gasteiger partial charge in [-0.25, -0.2) is 0 Å². The van der Waals surface area contributed by atoms with Crippen molar-refractivity contribution in [3.63, 3.8) is 0 Å². The van der Waals surface area contributed by atoms with E-state index in [0.29, 0.717) is 5.75 Å². The van der Waals surface area contributed by atoms with Crippen LogP contribution in [0.4, 0.5) is 0 Å². The summed E-state index contributed by atoms with van der Waals surface area (Å²) in [6.45, 7) is 5.26. The molecule has 0 fully saturated rings. The third-order valence-corrected chi connectivity index (χ3v) is 5.66. The van der Waals surface area contributed by atoms with Crippen LogP contribution in [-0.2, 0) is 13.1 Å². The molecular weight excluding hydrogens is 366 g/mol. The predicted octanol–water partition coefficient (Wildman–Crippen LogP) is 4.62. The fraction of sp³-hybridized carbons (Fsp3) is 0.333. The summed E-state index contributed by atoms with van der Waals surface area (Å²) in [5.41, 5.74) is 2.39. The van der Waals surface area contributed by atoms with Crippen LogP contribution < -0.4 is 0 Å². The zero-order valence-corrected chi connectivity index (χ0v) is 17.6. The number of hydrogen-bond acceptors (Lipinski definition) is 4. The summed E-state index contributed by atoms with van der Waals surface area (Å²) >= 11 is 1.71. The van der Waals surface area contributed by atoms with Gasteiger partial charge in [0.15, 0.2) is 0 Å². The Morgan fingerprint density at radius 2 is 1.54 bits per heavy atom. The molecule has 2 aromatic carbocycles. The average molecular weight is 398 g/mol. The summed E-state index contributed by atoms with van der Waals surface area (Å²) in [6, 6.07) is 20.4. The molecule has 2 rings (SSSR count). The molecule has 2 N–H and O–H groups in total. The first kappa shape index (κ1) is 22.4. The van der Waals surface area contributed by atoms with Crippen LogP contribution in [0.2, 0.25) is 0 Å². The van der Waals surface area contributed by atoms with E-state index in [1.54, 1.807) is 11.8 Å². The third kappa shape index (κ3) is 7.64. The Balaban J connectivity index is 2.22. The Kier molecular flexibility index (Phi) is 10.1. The van der Waals surface area contributed by atoms with E-state index in [1.807, 2.05) is 55.5 Å². The molecule has 0 heterocycles. The minimum Gasteiger partial charge on any atom is -0.394 e. The predicted molar refractivity (Wildman–Crippen MR) is 120 cm³/mol. The maximum atomic E-state index is 10.6. The molecule has 0 aliphatic heterocycles. The van der Waals surface area contributed by atoms with Crippen molar-refractivity contribution in [1.82, 2.24) is 4.90 Å². The van der Waals surface area contributed by atoms with Crippen molar-refractivity contribution in [3.05, 3.63) is 94.9 Å². The van der Waals surface area contributed by atoms with E-state index in [2.05, 4.69) is 42.2 Å². The molecule has 4 heteroatoms. The number of allylic oxidation sites excluding steroid dienone is 4. The fourth-order valence-electron chi connectivity index (χ4n) is 3.00. The fourth-order valence-corrected chi connectivity index (χ4v) is 4.05. The second-order valence-electron chi connectivity index (χ2n) is 6.81. The van der Waals surface area contributed by atoms with Gasteiger partial charge in [0.1, 0.15) is 0 Å². The number of rotatable bonds is 11. The maximum Gasteiger partial charge on any atom is 0.0934 e. The number of aliphatic hydroxyl groups excluding tert-OH is 2. The molecule has 0 amide bonds. The number of nitrogens with zero attached hydrogens (tertiary/aromatic N) is 1. The molecule has 0 aliphatic rings. The lowest BCUT2D eigenvalue weighted by Crippen LogP contribution is -2.46. The Morgan fingerprint density at radius 1 is 1.00 bits per heavy atom. The van der Waals surface area contributed by atoms with Crippen molar-refractivity contribution in [2.45, 2.75) is 39.1 Å². The van der Waals surface area contributed by atoms with Gasteiger partial charge >= 0.3 is 0 Å². The van der Waals surface area contributed by atoms with Crippen LogP contribution in [0.15, 0.2) is 83.8 Å². The van der Waals surface area contributed by atoms with E-state index >= 15 is 0 Å². The van der Waals surface area contributed by atoms with E-state index in [1.165, 1.54) is 16.0 Å². The van der Waals surface area contributed by atoms with Gasteiger partial charge in [0.05, 0.1) is 12.7 Å². The van der Waals surface area contributed by atoms with Crippen molar-refractivity contribution in [1.29, 1.82) is 0 Å². The van der Waals surface area contributed by atoms with Crippen molar-refractivity contribution < 1.29 is 10.2 Å². The van der Waals surface area contributed by atoms with Gasteiger partial charge in [-0.1, -0.05) is 78.9 Å². The minimum atomic E-state index is -0.797. The van der Waals surface area contributed by atoms with Gasteiger partial charge in [-0.2, -0.15) is 0 Å². The number of benzene rings is 2. The summed E-state index contributed by atoms with van der Waals surface area (Å²) in [4.78, 5) is 3.45. The van der Waals surface area contributed by atoms with Crippen molar-refractivity contribution in [2.24, 2.45) is 0 Å². The molecule has 2 unspecified atom stereocenters. The summed E-state index contributed by atoms with van der Waals surface area (Å²) in [5, 5.41) is 20.3. The van der Waals surface area contributed by atoms with Gasteiger partial charge in [-0.3, -0.25) is 4.90 Å². The van der Waals surface area contributed by atoms with E-state index in [0.717, 1.165) is 13.1 Å². The molecule has 0 aromatic heterocycles. The minimum absolute atomic E-state index is 0.163. The highest BCUT2D eigenvalue weighted by molar-refractivity contribution is 8.03. The highest BCUT2D eigenvalue weighted by Crippen LogP contribution is 2.23. The second-order valence-corrected chi connectivity index (χ2v) is 8.07. The van der Waals surface area contributed by atoms with Crippen LogP contribution >= 0.6 is 11.8 Å². The maximum absolute atomic E-state index is 10.6. The topological polar surface area (TPSA) is 43.7 Å². The van der Waals surface area contributed by atoms with Crippen LogP contribution in [-0.4, -0.2) is 39.6 Å². The number of aliphatic hydroxyl groups is 2. The number of hydrogen-bond donors (Lipinski definition) is 2. The van der Waals surface area contributed by atoms with Gasteiger partial charge in [0.2, 0.25) is 0 Å². The van der Waals surface area contributed by atoms with E-state index in [9.17, 15) is 10.2 Å². The Hall–Kier alpha value is -1.85. The van der Waals surface area contributed by atoms with Crippen LogP contribution in [0.25, 0.3) is 0 Å². The molecule has 28 heavy (non-hydrogen) atoms. The van der Waals surface area contributed by atoms with Crippen molar-refractivity contribution in [3.8, 4) is 0 Å². The monoisotopic (exact) mass is 397 g/mol. The Bertz CT molecular complexity index is 689. The summed E-state index contributed by atoms with van der Waals surface area (Å²) in [6.07, 6.45) is 5.30. The standard InChI is InChI=1S/C24H31NO2S/c1-3-4-11-20(2)28-19-23(24(27)18-26)25(16-21-12-7-5-8-13-21)17-22-14-9-6-10-15-22/h3-15,23-24,26-27H,16-19H2,1-2H3/b4-3-,20-11+. The van der Waals surface area contributed by atoms with Crippen molar-refractivity contribution >= 4 is 11.8 Å². The summed E-state index contributed by atoms with van der Waals surface area (Å²) in [7, 11) is 0. The van der Waals surface area contributed by atoms with E-state index in [-0.39, 0.29) is 12.6 Å². The molecule has 0 saturated heterocycles. The molecule has 2 aromatic rings. The summed E-state index contributed by atoms with van der Waals surface area (Å²) in [5.74, 6) is 0.710. The SMILES string of the molecule is C/C=C\C=C(/C)SCC(C(O)CO)N(Cc1ccccc1)Cc1ccccc1. The lowest BCUT2D eigenvalue weighted by Gasteiger charge is -2.34. The van der Waals surface area contributed by atoms with Crippen molar-refractivity contribution in [2.75, 3.05) is 12.4 Å². The first-order chi connectivity index (χ1) is 13.6. The third-order valence-electron chi connectivity index (χ3n) is 4.56. The van der Waals surface area contributed by atoms with Crippen LogP contribution in [0, 0.1) is 0 Å². The average Bonchev–Trinajstić information content (AvgIpc) is 2.73. The number of thioether (sulfide) groups is 1. The molecule has 0 radical (unpaired) electrons. The molecule has 150 valence electrons. The zero-order valence-electron chi connectivity index (χ0n) is 16.7. The largest absolute Gasteiger partial charge is 0.394 e. The zero-order chi connectivity index (χ0) is 20.2. The van der Waals surface area contributed by atoms with Gasteiger partial charge < -0.3 is 10.2 Å². The molecule has 0 aliphatic carbocycles. The first-order valence-electron chi connectivity index (χ1n) is 9.67. The molecule has 2 atom stereocenters. The quantitative estimate of drug-likeness (QED) is 0.543. The van der Waals surface area contributed by atoms with Gasteiger partial charge in [0.25, 0.3) is 0 Å². The van der Waals surface area contributed by atoms with Crippen LogP contribution in [0.5, 0.6) is 0 Å². The smallest absolute Gasteiger partial charge is 0.0934 e. The first-order valence-corrected chi connectivity index (χ1v) is 10.7. The van der Waals surface area contributed by atoms with Crippen LogP contribution in [0.3, 0.4) is 0 Å². The molecule has 3 nitrogen and oxygen atoms in total. The second kappa shape index (κ2) is 12.6. The normalized spacial score (nSPS) is 14.5. The molecule has 0 saturated carbocycles. The van der Waals surface area contributed by atoms with Gasteiger partial charge in [-0.05, 0) is 29.9 Å². The molecular formula is C24H31NO2S. The lowest BCUT2D eigenvalue weighted by atomic mass is 10.1. The van der Waals surface area contributed by atoms with Crippen LogP contribution in [0.1, 0.15) is 25.0 Å². The van der Waals surface area contributed by atoms with E-state index in [4.69, 9.17) is 0 Å². The van der Waals surface area contributed by atoms with Gasteiger partial charge in [0, 0.05) is 24.9 Å². The van der Waals surface area contributed by atoms with Gasteiger partial charge in [-0.15, -0.1) is 11.8 Å². The molecule has 0 spiro atoms. The highest BCUT2D eigenvalue weighted by Gasteiger charge is 2.26. The Morgan fingerprint density at radius 3 is 2.00 bits per heavy atom. The lowest BCUT2D eigenvalue weighted by molar-refractivity contribution is 0.0137.